The first-order valence-corrected chi connectivity index (χ1v) is 9.18. The van der Waals surface area contributed by atoms with Crippen LogP contribution in [-0.4, -0.2) is 11.2 Å². The van der Waals surface area contributed by atoms with Gasteiger partial charge in [0.15, 0.2) is 0 Å². The van der Waals surface area contributed by atoms with E-state index in [1.807, 2.05) is 24.3 Å². The topological polar surface area (TPSA) is 29.5 Å². The van der Waals surface area contributed by atoms with Gasteiger partial charge in [-0.3, -0.25) is 0 Å². The lowest BCUT2D eigenvalue weighted by Gasteiger charge is -2.16. The Morgan fingerprint density at radius 2 is 1.04 bits per heavy atom. The summed E-state index contributed by atoms with van der Waals surface area (Å²) < 4.78 is 5.98. The number of phenols is 1. The van der Waals surface area contributed by atoms with Crippen LogP contribution in [0.1, 0.15) is 27.2 Å². The van der Waals surface area contributed by atoms with Gasteiger partial charge < -0.3 is 9.84 Å². The monoisotopic (exact) mass is 346 g/mol. The maximum atomic E-state index is 9.41. The molecule has 1 N–H and O–H groups in total. The predicted octanol–water partition coefficient (Wildman–Crippen LogP) is 6.54. The summed E-state index contributed by atoms with van der Waals surface area (Å²) in [7, 11) is 0. The minimum atomic E-state index is 0.227. The molecule has 0 aliphatic rings. The van der Waals surface area contributed by atoms with Crippen molar-refractivity contribution in [3.8, 4) is 33.8 Å². The number of benzene rings is 3. The second-order valence-corrected chi connectivity index (χ2v) is 7.21. The Labute approximate surface area is 156 Å². The zero-order valence-electron chi connectivity index (χ0n) is 15.6. The van der Waals surface area contributed by atoms with Crippen LogP contribution in [0.3, 0.4) is 0 Å². The van der Waals surface area contributed by atoms with Crippen molar-refractivity contribution >= 4 is 0 Å². The molecule has 0 fully saturated rings. The Morgan fingerprint density at radius 3 is 1.46 bits per heavy atom. The first-order valence-electron chi connectivity index (χ1n) is 9.18. The summed E-state index contributed by atoms with van der Waals surface area (Å²) >= 11 is 0. The predicted molar refractivity (Wildman–Crippen MR) is 109 cm³/mol. The van der Waals surface area contributed by atoms with Crippen LogP contribution in [0.25, 0.3) is 22.3 Å². The van der Waals surface area contributed by atoms with Gasteiger partial charge in [0.1, 0.15) is 11.5 Å². The summed E-state index contributed by atoms with van der Waals surface area (Å²) in [5.74, 6) is 1.84. The molecule has 0 aliphatic carbocycles. The van der Waals surface area contributed by atoms with Gasteiger partial charge in [-0.2, -0.15) is 0 Å². The Bertz CT molecular complexity index is 816. The SMILES string of the molecule is CC(C)CC(C)Oc1ccc(-c2ccc(-c3ccc(O)cc3)cc2)cc1. The molecule has 0 aliphatic heterocycles. The third-order valence-electron chi connectivity index (χ3n) is 4.41. The molecule has 0 bridgehead atoms. The smallest absolute Gasteiger partial charge is 0.119 e. The van der Waals surface area contributed by atoms with Crippen molar-refractivity contribution in [1.82, 2.24) is 0 Å². The van der Waals surface area contributed by atoms with Crippen LogP contribution in [0.5, 0.6) is 11.5 Å². The Morgan fingerprint density at radius 1 is 0.654 bits per heavy atom. The van der Waals surface area contributed by atoms with Crippen molar-refractivity contribution in [2.24, 2.45) is 5.92 Å². The lowest BCUT2D eigenvalue weighted by molar-refractivity contribution is 0.193. The van der Waals surface area contributed by atoms with Crippen molar-refractivity contribution < 1.29 is 9.84 Å². The van der Waals surface area contributed by atoms with E-state index in [9.17, 15) is 5.11 Å². The molecular weight excluding hydrogens is 320 g/mol. The van der Waals surface area contributed by atoms with Crippen molar-refractivity contribution in [3.63, 3.8) is 0 Å². The van der Waals surface area contributed by atoms with E-state index in [4.69, 9.17) is 4.74 Å². The molecule has 0 saturated heterocycles. The number of hydrogen-bond acceptors (Lipinski definition) is 2. The van der Waals surface area contributed by atoms with Crippen molar-refractivity contribution in [1.29, 1.82) is 0 Å². The number of hydrogen-bond donors (Lipinski definition) is 1. The van der Waals surface area contributed by atoms with E-state index in [-0.39, 0.29) is 11.9 Å². The van der Waals surface area contributed by atoms with E-state index in [1.165, 1.54) is 11.1 Å². The number of aromatic hydroxyl groups is 1. The molecule has 26 heavy (non-hydrogen) atoms. The standard InChI is InChI=1S/C24H26O2/c1-17(2)16-18(3)26-24-14-10-22(11-15-24)20-6-4-19(5-7-20)21-8-12-23(25)13-9-21/h4-15,17-18,25H,16H2,1-3H3. The van der Waals surface area contributed by atoms with Crippen LogP contribution in [-0.2, 0) is 0 Å². The normalized spacial score (nSPS) is 12.2. The molecule has 1 unspecified atom stereocenters. The summed E-state index contributed by atoms with van der Waals surface area (Å²) in [4.78, 5) is 0. The molecule has 2 heteroatoms. The molecule has 3 rings (SSSR count). The first kappa shape index (κ1) is 18.1. The van der Waals surface area contributed by atoms with Gasteiger partial charge in [0, 0.05) is 0 Å². The highest BCUT2D eigenvalue weighted by atomic mass is 16.5. The molecular formula is C24H26O2. The molecule has 0 aromatic heterocycles. The maximum absolute atomic E-state index is 9.41. The molecule has 134 valence electrons. The quantitative estimate of drug-likeness (QED) is 0.549. The molecule has 0 saturated carbocycles. The van der Waals surface area contributed by atoms with Crippen LogP contribution in [0, 0.1) is 5.92 Å². The molecule has 0 amide bonds. The molecule has 3 aromatic carbocycles. The fraction of sp³-hybridized carbons (Fsp3) is 0.250. The van der Waals surface area contributed by atoms with Gasteiger partial charge in [0.05, 0.1) is 6.10 Å². The average molecular weight is 346 g/mol. The van der Waals surface area contributed by atoms with E-state index < -0.39 is 0 Å². The Balaban J connectivity index is 1.70. The first-order chi connectivity index (χ1) is 12.5. The third kappa shape index (κ3) is 4.66. The number of rotatable bonds is 6. The summed E-state index contributed by atoms with van der Waals surface area (Å²) in [5.41, 5.74) is 4.58. The average Bonchev–Trinajstić information content (AvgIpc) is 2.62. The van der Waals surface area contributed by atoms with Crippen molar-refractivity contribution in [2.45, 2.75) is 33.3 Å². The highest BCUT2D eigenvalue weighted by Crippen LogP contribution is 2.27. The number of ether oxygens (including phenoxy) is 1. The van der Waals surface area contributed by atoms with Gasteiger partial charge in [0.25, 0.3) is 0 Å². The molecule has 3 aromatic rings. The summed E-state index contributed by atoms with van der Waals surface area (Å²) in [6, 6.07) is 24.0. The third-order valence-corrected chi connectivity index (χ3v) is 4.41. The second kappa shape index (κ2) is 8.09. The molecule has 0 radical (unpaired) electrons. The maximum Gasteiger partial charge on any atom is 0.119 e. The van der Waals surface area contributed by atoms with Gasteiger partial charge >= 0.3 is 0 Å². The summed E-state index contributed by atoms with van der Waals surface area (Å²) in [5, 5.41) is 9.41. The Kier molecular flexibility index (Phi) is 5.62. The fourth-order valence-corrected chi connectivity index (χ4v) is 3.18. The largest absolute Gasteiger partial charge is 0.508 e. The van der Waals surface area contributed by atoms with Crippen LogP contribution in [0.2, 0.25) is 0 Å². The van der Waals surface area contributed by atoms with Crippen LogP contribution >= 0.6 is 0 Å². The minimum Gasteiger partial charge on any atom is -0.508 e. The van der Waals surface area contributed by atoms with Gasteiger partial charge in [-0.1, -0.05) is 62.4 Å². The van der Waals surface area contributed by atoms with E-state index in [0.717, 1.165) is 23.3 Å². The molecule has 0 spiro atoms. The lowest BCUT2D eigenvalue weighted by Crippen LogP contribution is -2.14. The molecule has 1 atom stereocenters. The summed E-state index contributed by atoms with van der Waals surface area (Å²) in [6.45, 7) is 6.55. The van der Waals surface area contributed by atoms with E-state index in [0.29, 0.717) is 5.92 Å². The highest BCUT2D eigenvalue weighted by molar-refractivity contribution is 5.71. The van der Waals surface area contributed by atoms with Gasteiger partial charge in [-0.15, -0.1) is 0 Å². The van der Waals surface area contributed by atoms with E-state index >= 15 is 0 Å². The van der Waals surface area contributed by atoms with Gasteiger partial charge in [-0.05, 0) is 65.8 Å². The highest BCUT2D eigenvalue weighted by Gasteiger charge is 2.07. The van der Waals surface area contributed by atoms with E-state index in [2.05, 4.69) is 57.2 Å². The van der Waals surface area contributed by atoms with Crippen molar-refractivity contribution in [2.75, 3.05) is 0 Å². The molecule has 2 nitrogen and oxygen atoms in total. The second-order valence-electron chi connectivity index (χ2n) is 7.21. The van der Waals surface area contributed by atoms with Crippen LogP contribution < -0.4 is 4.74 Å². The zero-order valence-corrected chi connectivity index (χ0v) is 15.6. The minimum absolute atomic E-state index is 0.227. The Hall–Kier alpha value is -2.74. The van der Waals surface area contributed by atoms with Gasteiger partial charge in [0.2, 0.25) is 0 Å². The van der Waals surface area contributed by atoms with E-state index in [1.54, 1.807) is 12.1 Å². The number of phenolic OH excluding ortho intramolecular Hbond substituents is 1. The van der Waals surface area contributed by atoms with Crippen LogP contribution in [0.15, 0.2) is 72.8 Å². The van der Waals surface area contributed by atoms with Crippen molar-refractivity contribution in [3.05, 3.63) is 72.8 Å². The fourth-order valence-electron chi connectivity index (χ4n) is 3.18. The zero-order chi connectivity index (χ0) is 18.5. The summed E-state index contributed by atoms with van der Waals surface area (Å²) in [6.07, 6.45) is 1.28. The van der Waals surface area contributed by atoms with Crippen LogP contribution in [0.4, 0.5) is 0 Å². The molecule has 0 heterocycles. The van der Waals surface area contributed by atoms with Gasteiger partial charge in [-0.25, -0.2) is 0 Å². The lowest BCUT2D eigenvalue weighted by atomic mass is 10.0.